The van der Waals surface area contributed by atoms with E-state index < -0.39 is 9.17 Å². The first-order valence-corrected chi connectivity index (χ1v) is 9.15. The van der Waals surface area contributed by atoms with E-state index in [-0.39, 0.29) is 5.91 Å². The molecule has 1 atom stereocenters. The van der Waals surface area contributed by atoms with Gasteiger partial charge in [0.15, 0.2) is 0 Å². The van der Waals surface area contributed by atoms with Gasteiger partial charge in [0.1, 0.15) is 9.75 Å². The molecule has 3 nitrogen and oxygen atoms in total. The van der Waals surface area contributed by atoms with Gasteiger partial charge < -0.3 is 5.32 Å². The number of hydrogen-bond donors (Lipinski definition) is 1. The molecule has 0 aromatic heterocycles. The summed E-state index contributed by atoms with van der Waals surface area (Å²) in [6.07, 6.45) is 0. The number of aliphatic imine (C=N–C) groups is 1. The van der Waals surface area contributed by atoms with Crippen molar-refractivity contribution in [1.82, 2.24) is 5.32 Å². The summed E-state index contributed by atoms with van der Waals surface area (Å²) in [7, 11) is 0. The van der Waals surface area contributed by atoms with E-state index >= 15 is 0 Å². The van der Waals surface area contributed by atoms with Crippen LogP contribution in [-0.4, -0.2) is 31.7 Å². The molecule has 1 aromatic carbocycles. The summed E-state index contributed by atoms with van der Waals surface area (Å²) in [5.74, 6) is 0.654. The molecule has 0 spiro atoms. The molecule has 1 aliphatic rings. The summed E-state index contributed by atoms with van der Waals surface area (Å²) >= 11 is 20.8. The van der Waals surface area contributed by atoms with Crippen LogP contribution in [0.2, 0.25) is 0 Å². The van der Waals surface area contributed by atoms with Gasteiger partial charge in [-0.3, -0.25) is 9.79 Å². The molecular weight excluding hydrogens is 371 g/mol. The smallest absolute Gasteiger partial charge is 0.252 e. The number of benzene rings is 1. The zero-order valence-corrected chi connectivity index (χ0v) is 15.0. The van der Waals surface area contributed by atoms with E-state index in [4.69, 9.17) is 34.8 Å². The minimum Gasteiger partial charge on any atom is -0.336 e. The topological polar surface area (TPSA) is 41.5 Å². The molecule has 0 aliphatic carbocycles. The van der Waals surface area contributed by atoms with Crippen LogP contribution in [0, 0.1) is 6.92 Å². The molecule has 0 fully saturated rings. The third kappa shape index (κ3) is 4.96. The summed E-state index contributed by atoms with van der Waals surface area (Å²) in [6.45, 7) is 2.62. The highest BCUT2D eigenvalue weighted by Crippen LogP contribution is 2.39. The maximum Gasteiger partial charge on any atom is 0.252 e. The van der Waals surface area contributed by atoms with E-state index in [0.29, 0.717) is 5.56 Å². The molecule has 1 heterocycles. The fourth-order valence-corrected chi connectivity index (χ4v) is 4.27. The van der Waals surface area contributed by atoms with Gasteiger partial charge in [0.05, 0.1) is 6.54 Å². The Labute approximate surface area is 147 Å². The Balaban J connectivity index is 2.11. The third-order valence-corrected chi connectivity index (χ3v) is 6.21. The number of carbonyl (C=O) groups excluding carboxylic acids is 1. The molecule has 0 bridgehead atoms. The van der Waals surface area contributed by atoms with Crippen LogP contribution in [0.1, 0.15) is 15.9 Å². The molecule has 1 amide bonds. The van der Waals surface area contributed by atoms with Crippen LogP contribution in [0.3, 0.4) is 0 Å². The highest BCUT2D eigenvalue weighted by atomic mass is 35.6. The van der Waals surface area contributed by atoms with Gasteiger partial charge in [0.25, 0.3) is 5.91 Å². The standard InChI is InChI=1S/C13H13Cl3N2OS2/c1-8-4-2-3-5-9(8)10(19)18-11(13(14,15)16)21-12-17-6-7-20-12/h2-5,11H,6-7H2,1H3,(H,18,19). The normalized spacial score (nSPS) is 16.5. The number of carbonyl (C=O) groups is 1. The molecule has 2 rings (SSSR count). The maximum atomic E-state index is 12.3. The number of aryl methyl sites for hydroxylation is 1. The fourth-order valence-electron chi connectivity index (χ4n) is 1.69. The van der Waals surface area contributed by atoms with Crippen molar-refractivity contribution in [3.05, 3.63) is 35.4 Å². The SMILES string of the molecule is Cc1ccccc1C(=O)NC(SC1=NCCS1)C(Cl)(Cl)Cl. The van der Waals surface area contributed by atoms with Crippen LogP contribution in [0.4, 0.5) is 0 Å². The Morgan fingerprint density at radius 3 is 2.71 bits per heavy atom. The van der Waals surface area contributed by atoms with Crippen molar-refractivity contribution in [1.29, 1.82) is 0 Å². The Bertz CT molecular complexity index is 561. The molecule has 21 heavy (non-hydrogen) atoms. The summed E-state index contributed by atoms with van der Waals surface area (Å²) in [5, 5.41) is 2.08. The highest BCUT2D eigenvalue weighted by molar-refractivity contribution is 8.39. The van der Waals surface area contributed by atoms with E-state index in [9.17, 15) is 4.79 Å². The molecule has 1 aromatic rings. The molecule has 8 heteroatoms. The predicted octanol–water partition coefficient (Wildman–Crippen LogP) is 4.26. The zero-order valence-electron chi connectivity index (χ0n) is 11.1. The Hall–Kier alpha value is -0.0700. The van der Waals surface area contributed by atoms with Crippen LogP contribution in [0.15, 0.2) is 29.3 Å². The van der Waals surface area contributed by atoms with Gasteiger partial charge in [0.2, 0.25) is 3.79 Å². The van der Waals surface area contributed by atoms with Crippen LogP contribution >= 0.6 is 58.3 Å². The first-order valence-electron chi connectivity index (χ1n) is 6.15. The van der Waals surface area contributed by atoms with E-state index in [1.165, 1.54) is 11.8 Å². The second-order valence-corrected chi connectivity index (χ2v) is 9.13. The highest BCUT2D eigenvalue weighted by Gasteiger charge is 2.36. The molecule has 0 saturated carbocycles. The van der Waals surface area contributed by atoms with Gasteiger partial charge in [-0.25, -0.2) is 0 Å². The van der Waals surface area contributed by atoms with Gasteiger partial charge in [-0.2, -0.15) is 0 Å². The minimum atomic E-state index is -1.62. The Morgan fingerprint density at radius 2 is 2.14 bits per heavy atom. The van der Waals surface area contributed by atoms with Crippen molar-refractivity contribution < 1.29 is 4.79 Å². The molecule has 0 radical (unpaired) electrons. The van der Waals surface area contributed by atoms with Crippen molar-refractivity contribution in [3.63, 3.8) is 0 Å². The lowest BCUT2D eigenvalue weighted by Gasteiger charge is -2.25. The summed E-state index contributed by atoms with van der Waals surface area (Å²) in [4.78, 5) is 16.7. The zero-order chi connectivity index (χ0) is 15.5. The average Bonchev–Trinajstić information content (AvgIpc) is 2.90. The molecule has 1 N–H and O–H groups in total. The van der Waals surface area contributed by atoms with Crippen molar-refractivity contribution in [2.75, 3.05) is 12.3 Å². The van der Waals surface area contributed by atoms with Gasteiger partial charge in [-0.15, -0.1) is 0 Å². The second kappa shape index (κ2) is 7.47. The minimum absolute atomic E-state index is 0.263. The molecule has 114 valence electrons. The van der Waals surface area contributed by atoms with Gasteiger partial charge in [0, 0.05) is 11.3 Å². The number of thioether (sulfide) groups is 2. The number of nitrogens with one attached hydrogen (secondary N) is 1. The average molecular weight is 384 g/mol. The molecule has 1 unspecified atom stereocenters. The quantitative estimate of drug-likeness (QED) is 0.626. The van der Waals surface area contributed by atoms with Crippen molar-refractivity contribution >= 4 is 68.6 Å². The number of amides is 1. The largest absolute Gasteiger partial charge is 0.336 e. The third-order valence-electron chi connectivity index (χ3n) is 2.73. The molecular formula is C13H13Cl3N2OS2. The van der Waals surface area contributed by atoms with Crippen molar-refractivity contribution in [3.8, 4) is 0 Å². The summed E-state index contributed by atoms with van der Waals surface area (Å²) in [5.41, 5.74) is 1.44. The number of halogens is 3. The maximum absolute atomic E-state index is 12.3. The van der Waals surface area contributed by atoms with Crippen LogP contribution in [0.5, 0.6) is 0 Å². The number of hydrogen-bond acceptors (Lipinski definition) is 4. The first kappa shape index (κ1) is 17.3. The number of nitrogens with zero attached hydrogens (tertiary/aromatic N) is 1. The lowest BCUT2D eigenvalue weighted by atomic mass is 10.1. The Morgan fingerprint density at radius 1 is 1.43 bits per heavy atom. The van der Waals surface area contributed by atoms with Crippen LogP contribution in [-0.2, 0) is 0 Å². The van der Waals surface area contributed by atoms with Crippen LogP contribution in [0.25, 0.3) is 0 Å². The van der Waals surface area contributed by atoms with E-state index in [0.717, 1.165) is 22.2 Å². The molecule has 1 aliphatic heterocycles. The van der Waals surface area contributed by atoms with Gasteiger partial charge in [-0.05, 0) is 18.6 Å². The van der Waals surface area contributed by atoms with E-state index in [1.807, 2.05) is 19.1 Å². The fraction of sp³-hybridized carbons (Fsp3) is 0.385. The molecule has 0 saturated heterocycles. The monoisotopic (exact) mass is 382 g/mol. The predicted molar refractivity (Wildman–Crippen MR) is 95.1 cm³/mol. The first-order chi connectivity index (χ1) is 9.88. The Kier molecular flexibility index (Phi) is 6.15. The number of alkyl halides is 3. The van der Waals surface area contributed by atoms with Crippen LogP contribution < -0.4 is 5.32 Å². The summed E-state index contributed by atoms with van der Waals surface area (Å²) < 4.78 is -0.786. The summed E-state index contributed by atoms with van der Waals surface area (Å²) in [6, 6.07) is 7.28. The van der Waals surface area contributed by atoms with Crippen molar-refractivity contribution in [2.45, 2.75) is 16.1 Å². The lowest BCUT2D eigenvalue weighted by Crippen LogP contribution is -2.42. The lowest BCUT2D eigenvalue weighted by molar-refractivity contribution is 0.0949. The van der Waals surface area contributed by atoms with E-state index in [2.05, 4.69) is 10.3 Å². The second-order valence-electron chi connectivity index (χ2n) is 4.32. The van der Waals surface area contributed by atoms with Gasteiger partial charge >= 0.3 is 0 Å². The van der Waals surface area contributed by atoms with Gasteiger partial charge in [-0.1, -0.05) is 76.5 Å². The van der Waals surface area contributed by atoms with Crippen molar-refractivity contribution in [2.24, 2.45) is 4.99 Å². The number of rotatable bonds is 3. The van der Waals surface area contributed by atoms with E-state index in [1.54, 1.807) is 23.9 Å².